The van der Waals surface area contributed by atoms with Crippen LogP contribution in [0.1, 0.15) is 56.6 Å². The average Bonchev–Trinajstić information content (AvgIpc) is 3.07. The van der Waals surface area contributed by atoms with E-state index < -0.39 is 0 Å². The van der Waals surface area contributed by atoms with E-state index >= 15 is 0 Å². The maximum atomic E-state index is 12.3. The number of nitrogens with zero attached hydrogens (tertiary/aromatic N) is 5. The number of hydrogen-bond donors (Lipinski definition) is 0. The van der Waals surface area contributed by atoms with E-state index in [0.717, 1.165) is 55.5 Å². The van der Waals surface area contributed by atoms with E-state index in [1.165, 1.54) is 31.4 Å². The third kappa shape index (κ3) is 3.03. The lowest BCUT2D eigenvalue weighted by atomic mass is 10.1. The Morgan fingerprint density at radius 1 is 1.04 bits per heavy atom. The minimum Gasteiger partial charge on any atom is -0.345 e. The zero-order valence-corrected chi connectivity index (χ0v) is 15.4. The molecule has 0 spiro atoms. The van der Waals surface area contributed by atoms with Gasteiger partial charge in [0, 0.05) is 38.0 Å². The summed E-state index contributed by atoms with van der Waals surface area (Å²) < 4.78 is 1.96. The number of carbonyl (C=O) groups is 1. The molecule has 5 rings (SSSR count). The second-order valence-corrected chi connectivity index (χ2v) is 8.63. The second-order valence-electron chi connectivity index (χ2n) is 7.70. The highest BCUT2D eigenvalue weighted by Crippen LogP contribution is 2.35. The molecule has 0 unspecified atom stereocenters. The molecule has 134 valence electrons. The van der Waals surface area contributed by atoms with Gasteiger partial charge < -0.3 is 9.80 Å². The van der Waals surface area contributed by atoms with Gasteiger partial charge in [-0.1, -0.05) is 24.2 Å². The summed E-state index contributed by atoms with van der Waals surface area (Å²) in [5.41, 5.74) is 1.22. The lowest BCUT2D eigenvalue weighted by molar-refractivity contribution is -0.132. The van der Waals surface area contributed by atoms with Gasteiger partial charge in [0.1, 0.15) is 0 Å². The molecule has 2 aromatic heterocycles. The van der Waals surface area contributed by atoms with E-state index in [1.807, 2.05) is 4.52 Å². The summed E-state index contributed by atoms with van der Waals surface area (Å²) in [6.07, 6.45) is 10.5. The van der Waals surface area contributed by atoms with Crippen LogP contribution in [0.15, 0.2) is 6.20 Å². The van der Waals surface area contributed by atoms with Crippen molar-refractivity contribution in [3.05, 3.63) is 11.9 Å². The molecule has 0 bridgehead atoms. The third-order valence-corrected chi connectivity index (χ3v) is 6.81. The van der Waals surface area contributed by atoms with Gasteiger partial charge in [0.2, 0.25) is 16.0 Å². The van der Waals surface area contributed by atoms with E-state index in [1.54, 1.807) is 11.3 Å². The Labute approximate surface area is 151 Å². The van der Waals surface area contributed by atoms with Gasteiger partial charge in [0.25, 0.3) is 0 Å². The molecular weight excluding hydrogens is 334 g/mol. The molecule has 2 aromatic rings. The van der Waals surface area contributed by atoms with Gasteiger partial charge in [0.05, 0.1) is 11.9 Å². The monoisotopic (exact) mass is 359 g/mol. The summed E-state index contributed by atoms with van der Waals surface area (Å²) in [5, 5.41) is 5.83. The van der Waals surface area contributed by atoms with Crippen molar-refractivity contribution in [2.24, 2.45) is 5.92 Å². The molecule has 3 aliphatic rings. The highest BCUT2D eigenvalue weighted by Gasteiger charge is 2.34. The first-order valence-corrected chi connectivity index (χ1v) is 10.5. The molecule has 6 nitrogen and oxygen atoms in total. The topological polar surface area (TPSA) is 53.7 Å². The van der Waals surface area contributed by atoms with Gasteiger partial charge in [-0.25, -0.2) is 9.50 Å². The number of hydrogen-bond acceptors (Lipinski definition) is 5. The maximum Gasteiger partial charge on any atom is 0.225 e. The van der Waals surface area contributed by atoms with Gasteiger partial charge >= 0.3 is 0 Å². The number of carbonyl (C=O) groups excluding carboxylic acids is 1. The Morgan fingerprint density at radius 2 is 1.88 bits per heavy atom. The van der Waals surface area contributed by atoms with Crippen molar-refractivity contribution in [1.29, 1.82) is 0 Å². The molecule has 7 heteroatoms. The minimum absolute atomic E-state index is 0.323. The Hall–Kier alpha value is -1.63. The number of imidazole rings is 1. The third-order valence-electron chi connectivity index (χ3n) is 5.83. The van der Waals surface area contributed by atoms with Crippen LogP contribution in [0.25, 0.3) is 4.96 Å². The summed E-state index contributed by atoms with van der Waals surface area (Å²) in [7, 11) is 0. The van der Waals surface area contributed by atoms with Crippen LogP contribution in [0.2, 0.25) is 0 Å². The fourth-order valence-corrected chi connectivity index (χ4v) is 5.11. The number of rotatable bonds is 3. The zero-order chi connectivity index (χ0) is 16.8. The summed E-state index contributed by atoms with van der Waals surface area (Å²) in [5.74, 6) is 1.33. The fraction of sp³-hybridized carbons (Fsp3) is 0.722. The van der Waals surface area contributed by atoms with Crippen molar-refractivity contribution in [3.63, 3.8) is 0 Å². The second kappa shape index (κ2) is 6.27. The molecule has 0 N–H and O–H groups in total. The van der Waals surface area contributed by atoms with Crippen LogP contribution < -0.4 is 4.90 Å². The first-order valence-electron chi connectivity index (χ1n) is 9.68. The summed E-state index contributed by atoms with van der Waals surface area (Å²) >= 11 is 1.68. The van der Waals surface area contributed by atoms with Crippen molar-refractivity contribution in [1.82, 2.24) is 19.5 Å². The number of aromatic nitrogens is 3. The predicted octanol–water partition coefficient (Wildman–Crippen LogP) is 2.90. The molecule has 1 saturated heterocycles. The van der Waals surface area contributed by atoms with E-state index in [-0.39, 0.29) is 0 Å². The van der Waals surface area contributed by atoms with Crippen LogP contribution in [0.4, 0.5) is 5.13 Å². The average molecular weight is 359 g/mol. The Morgan fingerprint density at radius 3 is 2.64 bits per heavy atom. The Kier molecular flexibility index (Phi) is 3.91. The van der Waals surface area contributed by atoms with Gasteiger partial charge in [-0.05, 0) is 32.1 Å². The lowest BCUT2D eigenvalue weighted by Gasteiger charge is -2.21. The predicted molar refractivity (Wildman–Crippen MR) is 98.2 cm³/mol. The van der Waals surface area contributed by atoms with Crippen molar-refractivity contribution in [2.75, 3.05) is 31.1 Å². The van der Waals surface area contributed by atoms with E-state index in [0.29, 0.717) is 17.7 Å². The van der Waals surface area contributed by atoms with Gasteiger partial charge in [-0.3, -0.25) is 4.79 Å². The van der Waals surface area contributed by atoms with Crippen LogP contribution in [0.5, 0.6) is 0 Å². The van der Waals surface area contributed by atoms with Crippen LogP contribution in [-0.4, -0.2) is 51.6 Å². The maximum absolute atomic E-state index is 12.3. The van der Waals surface area contributed by atoms with Crippen LogP contribution in [-0.2, 0) is 4.79 Å². The molecule has 3 fully saturated rings. The highest BCUT2D eigenvalue weighted by atomic mass is 32.1. The first kappa shape index (κ1) is 15.6. The lowest BCUT2D eigenvalue weighted by Crippen LogP contribution is -2.36. The van der Waals surface area contributed by atoms with E-state index in [9.17, 15) is 4.79 Å². The molecule has 0 radical (unpaired) electrons. The Balaban J connectivity index is 1.29. The van der Waals surface area contributed by atoms with Crippen LogP contribution >= 0.6 is 11.3 Å². The van der Waals surface area contributed by atoms with Gasteiger partial charge in [0.15, 0.2) is 0 Å². The fourth-order valence-electron chi connectivity index (χ4n) is 4.17. The molecule has 0 atom stereocenters. The number of anilines is 1. The number of fused-ring (bicyclic) bond motifs is 1. The molecular formula is C18H25N5OS. The van der Waals surface area contributed by atoms with E-state index in [4.69, 9.17) is 10.1 Å². The van der Waals surface area contributed by atoms with Crippen LogP contribution in [0, 0.1) is 5.92 Å². The molecule has 0 aromatic carbocycles. The summed E-state index contributed by atoms with van der Waals surface area (Å²) in [6.45, 7) is 3.57. The quantitative estimate of drug-likeness (QED) is 0.846. The minimum atomic E-state index is 0.323. The number of amides is 1. The van der Waals surface area contributed by atoms with Crippen molar-refractivity contribution >= 4 is 27.3 Å². The van der Waals surface area contributed by atoms with Crippen LogP contribution in [0.3, 0.4) is 0 Å². The van der Waals surface area contributed by atoms with Crippen molar-refractivity contribution in [2.45, 2.75) is 50.9 Å². The first-order chi connectivity index (χ1) is 12.3. The Bertz CT molecular complexity index is 742. The van der Waals surface area contributed by atoms with Crippen molar-refractivity contribution in [3.8, 4) is 0 Å². The largest absolute Gasteiger partial charge is 0.345 e. The van der Waals surface area contributed by atoms with Gasteiger partial charge in [-0.15, -0.1) is 5.10 Å². The normalized spacial score (nSPS) is 22.7. The molecule has 3 heterocycles. The zero-order valence-electron chi connectivity index (χ0n) is 14.6. The standard InChI is InChI=1S/C18H25N5OS/c24-16(14-6-7-14)21-8-3-9-22(11-10-21)18-20-23-12-15(19-17(23)25-18)13-4-1-2-5-13/h12-14H,1-11H2. The highest BCUT2D eigenvalue weighted by molar-refractivity contribution is 7.20. The summed E-state index contributed by atoms with van der Waals surface area (Å²) in [4.78, 5) is 22.5. The van der Waals surface area contributed by atoms with Gasteiger partial charge in [-0.2, -0.15) is 0 Å². The molecule has 2 saturated carbocycles. The SMILES string of the molecule is O=C(C1CC1)N1CCCN(c2nn3cc(C4CCCC4)nc3s2)CC1. The smallest absolute Gasteiger partial charge is 0.225 e. The summed E-state index contributed by atoms with van der Waals surface area (Å²) in [6, 6.07) is 0. The molecule has 1 amide bonds. The molecule has 2 aliphatic carbocycles. The molecule has 25 heavy (non-hydrogen) atoms. The molecule has 1 aliphatic heterocycles. The van der Waals surface area contributed by atoms with E-state index in [2.05, 4.69) is 16.0 Å². The van der Waals surface area contributed by atoms with Crippen molar-refractivity contribution < 1.29 is 4.79 Å².